The maximum Gasteiger partial charge on any atom is 0.191 e. The lowest BCUT2D eigenvalue weighted by atomic mass is 9.85. The summed E-state index contributed by atoms with van der Waals surface area (Å²) in [5.74, 6) is 2.45. The monoisotopic (exact) mass is 287 g/mol. The van der Waals surface area contributed by atoms with E-state index in [9.17, 15) is 8.42 Å². The fourth-order valence-corrected chi connectivity index (χ4v) is 4.37. The van der Waals surface area contributed by atoms with Gasteiger partial charge in [-0.05, 0) is 38.0 Å². The Morgan fingerprint density at radius 3 is 2.53 bits per heavy atom. The summed E-state index contributed by atoms with van der Waals surface area (Å²) < 4.78 is 22.8. The number of guanidine groups is 1. The molecule has 2 rings (SSSR count). The number of sulfone groups is 1. The Bertz CT molecular complexity index is 416. The van der Waals surface area contributed by atoms with E-state index in [2.05, 4.69) is 15.6 Å². The van der Waals surface area contributed by atoms with E-state index in [1.165, 1.54) is 19.3 Å². The minimum Gasteiger partial charge on any atom is -0.357 e. The Labute approximate surface area is 116 Å². The van der Waals surface area contributed by atoms with Crippen LogP contribution in [0.3, 0.4) is 0 Å². The zero-order chi connectivity index (χ0) is 13.7. The first-order valence-corrected chi connectivity index (χ1v) is 9.14. The van der Waals surface area contributed by atoms with Crippen LogP contribution >= 0.6 is 0 Å². The second kappa shape index (κ2) is 6.59. The third-order valence-corrected chi connectivity index (χ3v) is 5.80. The van der Waals surface area contributed by atoms with Gasteiger partial charge in [-0.3, -0.25) is 4.99 Å². The van der Waals surface area contributed by atoms with E-state index in [1.807, 2.05) is 6.92 Å². The van der Waals surface area contributed by atoms with Crippen molar-refractivity contribution >= 4 is 15.8 Å². The zero-order valence-corrected chi connectivity index (χ0v) is 12.5. The van der Waals surface area contributed by atoms with Gasteiger partial charge in [0.15, 0.2) is 15.8 Å². The van der Waals surface area contributed by atoms with Gasteiger partial charge < -0.3 is 10.6 Å². The molecule has 2 N–H and O–H groups in total. The number of hydrogen-bond donors (Lipinski definition) is 2. The van der Waals surface area contributed by atoms with Gasteiger partial charge >= 0.3 is 0 Å². The standard InChI is InChI=1S/C13H25N3O2S/c1-2-14-13(15-8-11-4-3-5-11)16-9-12-6-7-19(17,18)10-12/h11-12H,2-10H2,1H3,(H2,14,15,16). The molecule has 1 atom stereocenters. The molecule has 1 saturated carbocycles. The molecule has 1 heterocycles. The van der Waals surface area contributed by atoms with Crippen LogP contribution in [0.25, 0.3) is 0 Å². The average Bonchev–Trinajstić information content (AvgIpc) is 2.64. The summed E-state index contributed by atoms with van der Waals surface area (Å²) in [6.07, 6.45) is 4.73. The van der Waals surface area contributed by atoms with Gasteiger partial charge in [-0.2, -0.15) is 0 Å². The summed E-state index contributed by atoms with van der Waals surface area (Å²) in [4.78, 5) is 4.52. The maximum atomic E-state index is 11.4. The Balaban J connectivity index is 1.78. The number of rotatable bonds is 5. The lowest BCUT2D eigenvalue weighted by molar-refractivity contribution is 0.314. The van der Waals surface area contributed by atoms with E-state index in [0.717, 1.165) is 31.4 Å². The molecule has 0 aromatic carbocycles. The highest BCUT2D eigenvalue weighted by Gasteiger charge is 2.27. The van der Waals surface area contributed by atoms with Gasteiger partial charge in [0, 0.05) is 19.6 Å². The summed E-state index contributed by atoms with van der Waals surface area (Å²) >= 11 is 0. The smallest absolute Gasteiger partial charge is 0.191 e. The molecule has 2 aliphatic rings. The number of aliphatic imine (C=N–C) groups is 1. The van der Waals surface area contributed by atoms with E-state index < -0.39 is 9.84 Å². The fraction of sp³-hybridized carbons (Fsp3) is 0.923. The van der Waals surface area contributed by atoms with Gasteiger partial charge in [-0.1, -0.05) is 6.42 Å². The molecule has 0 amide bonds. The molecule has 5 nitrogen and oxygen atoms in total. The highest BCUT2D eigenvalue weighted by atomic mass is 32.2. The van der Waals surface area contributed by atoms with Gasteiger partial charge in [0.05, 0.1) is 11.5 Å². The van der Waals surface area contributed by atoms with Crippen LogP contribution in [0.5, 0.6) is 0 Å². The molecule has 0 radical (unpaired) electrons. The second-order valence-electron chi connectivity index (χ2n) is 5.67. The van der Waals surface area contributed by atoms with Gasteiger partial charge in [-0.25, -0.2) is 8.42 Å². The van der Waals surface area contributed by atoms with E-state index >= 15 is 0 Å². The molecule has 1 aliphatic heterocycles. The predicted molar refractivity (Wildman–Crippen MR) is 78.1 cm³/mol. The molecular weight excluding hydrogens is 262 g/mol. The Hall–Kier alpha value is -0.780. The summed E-state index contributed by atoms with van der Waals surface area (Å²) in [5, 5.41) is 6.58. The normalized spacial score (nSPS) is 27.0. The van der Waals surface area contributed by atoms with Crippen molar-refractivity contribution in [2.75, 3.05) is 31.1 Å². The van der Waals surface area contributed by atoms with Crippen molar-refractivity contribution in [3.05, 3.63) is 0 Å². The minimum atomic E-state index is -2.79. The molecular formula is C13H25N3O2S. The number of nitrogens with one attached hydrogen (secondary N) is 2. The first kappa shape index (κ1) is 14.6. The molecule has 1 unspecified atom stereocenters. The maximum absolute atomic E-state index is 11.4. The summed E-state index contributed by atoms with van der Waals surface area (Å²) in [6.45, 7) is 4.47. The van der Waals surface area contributed by atoms with Crippen LogP contribution in [0.2, 0.25) is 0 Å². The molecule has 1 aliphatic carbocycles. The Kier molecular flexibility index (Phi) is 5.07. The predicted octanol–water partition coefficient (Wildman–Crippen LogP) is 0.776. The zero-order valence-electron chi connectivity index (χ0n) is 11.7. The molecule has 0 bridgehead atoms. The fourth-order valence-electron chi connectivity index (χ4n) is 2.52. The van der Waals surface area contributed by atoms with Crippen LogP contribution in [0.4, 0.5) is 0 Å². The minimum absolute atomic E-state index is 0.198. The van der Waals surface area contributed by atoms with Crippen molar-refractivity contribution in [2.24, 2.45) is 16.8 Å². The number of nitrogens with zero attached hydrogens (tertiary/aromatic N) is 1. The van der Waals surface area contributed by atoms with E-state index in [0.29, 0.717) is 18.1 Å². The molecule has 110 valence electrons. The van der Waals surface area contributed by atoms with E-state index in [1.54, 1.807) is 0 Å². The van der Waals surface area contributed by atoms with Crippen molar-refractivity contribution in [1.82, 2.24) is 10.6 Å². The third kappa shape index (κ3) is 4.67. The van der Waals surface area contributed by atoms with Gasteiger partial charge in [0.25, 0.3) is 0 Å². The molecule has 19 heavy (non-hydrogen) atoms. The first-order chi connectivity index (χ1) is 9.09. The molecule has 6 heteroatoms. The van der Waals surface area contributed by atoms with Gasteiger partial charge in [-0.15, -0.1) is 0 Å². The summed E-state index contributed by atoms with van der Waals surface area (Å²) in [6, 6.07) is 0. The molecule has 0 aromatic heterocycles. The van der Waals surface area contributed by atoms with Crippen LogP contribution in [-0.4, -0.2) is 45.5 Å². The van der Waals surface area contributed by atoms with Crippen molar-refractivity contribution in [3.8, 4) is 0 Å². The van der Waals surface area contributed by atoms with Crippen molar-refractivity contribution in [2.45, 2.75) is 32.6 Å². The SMILES string of the molecule is CCNC(=NCC1CCS(=O)(=O)C1)NCC1CCC1. The second-order valence-corrected chi connectivity index (χ2v) is 7.90. The topological polar surface area (TPSA) is 70.6 Å². The van der Waals surface area contributed by atoms with Crippen molar-refractivity contribution < 1.29 is 8.42 Å². The van der Waals surface area contributed by atoms with Crippen molar-refractivity contribution in [1.29, 1.82) is 0 Å². The highest BCUT2D eigenvalue weighted by molar-refractivity contribution is 7.91. The van der Waals surface area contributed by atoms with Gasteiger partial charge in [0.1, 0.15) is 0 Å². The quantitative estimate of drug-likeness (QED) is 0.579. The summed E-state index contributed by atoms with van der Waals surface area (Å²) in [5.41, 5.74) is 0. The Morgan fingerprint density at radius 2 is 2.00 bits per heavy atom. The third-order valence-electron chi connectivity index (χ3n) is 3.96. The Morgan fingerprint density at radius 1 is 1.21 bits per heavy atom. The lowest BCUT2D eigenvalue weighted by Gasteiger charge is -2.26. The van der Waals surface area contributed by atoms with E-state index in [-0.39, 0.29) is 5.92 Å². The van der Waals surface area contributed by atoms with E-state index in [4.69, 9.17) is 0 Å². The summed E-state index contributed by atoms with van der Waals surface area (Å²) in [7, 11) is -2.79. The number of hydrogen-bond acceptors (Lipinski definition) is 3. The lowest BCUT2D eigenvalue weighted by Crippen LogP contribution is -2.41. The molecule has 0 spiro atoms. The first-order valence-electron chi connectivity index (χ1n) is 7.31. The molecule has 0 aromatic rings. The van der Waals surface area contributed by atoms with Crippen LogP contribution in [0.1, 0.15) is 32.6 Å². The van der Waals surface area contributed by atoms with Gasteiger partial charge in [0.2, 0.25) is 0 Å². The highest BCUT2D eigenvalue weighted by Crippen LogP contribution is 2.25. The van der Waals surface area contributed by atoms with Crippen LogP contribution in [-0.2, 0) is 9.84 Å². The van der Waals surface area contributed by atoms with Crippen LogP contribution in [0.15, 0.2) is 4.99 Å². The average molecular weight is 287 g/mol. The van der Waals surface area contributed by atoms with Crippen LogP contribution < -0.4 is 10.6 Å². The molecule has 1 saturated heterocycles. The van der Waals surface area contributed by atoms with Crippen LogP contribution in [0, 0.1) is 11.8 Å². The largest absolute Gasteiger partial charge is 0.357 e. The van der Waals surface area contributed by atoms with Crippen molar-refractivity contribution in [3.63, 3.8) is 0 Å². The molecule has 2 fully saturated rings.